The minimum Gasteiger partial charge on any atom is -0.481 e. The van der Waals surface area contributed by atoms with Crippen molar-refractivity contribution in [3.63, 3.8) is 0 Å². The van der Waals surface area contributed by atoms with Crippen molar-refractivity contribution < 1.29 is 32.2 Å². The lowest BCUT2D eigenvalue weighted by atomic mass is 9.93. The third kappa shape index (κ3) is 9.16. The van der Waals surface area contributed by atoms with Gasteiger partial charge in [0.2, 0.25) is 10.0 Å². The lowest BCUT2D eigenvalue weighted by Gasteiger charge is -2.29. The highest BCUT2D eigenvalue weighted by Gasteiger charge is 2.26. The van der Waals surface area contributed by atoms with E-state index in [-0.39, 0.29) is 47.5 Å². The molecule has 0 radical (unpaired) electrons. The van der Waals surface area contributed by atoms with Gasteiger partial charge in [-0.2, -0.15) is 4.31 Å². The Labute approximate surface area is 247 Å². The van der Waals surface area contributed by atoms with Gasteiger partial charge in [0.15, 0.2) is 0 Å². The van der Waals surface area contributed by atoms with Crippen LogP contribution >= 0.6 is 0 Å². The van der Waals surface area contributed by atoms with Gasteiger partial charge in [-0.25, -0.2) is 17.2 Å². The van der Waals surface area contributed by atoms with Crippen LogP contribution in [0.15, 0.2) is 65.6 Å². The largest absolute Gasteiger partial charge is 0.481 e. The van der Waals surface area contributed by atoms with Gasteiger partial charge in [0.05, 0.1) is 11.0 Å². The molecular weight excluding hydrogens is 562 g/mol. The van der Waals surface area contributed by atoms with E-state index in [4.69, 9.17) is 5.11 Å². The summed E-state index contributed by atoms with van der Waals surface area (Å²) < 4.78 is 56.5. The van der Waals surface area contributed by atoms with Crippen LogP contribution in [0.5, 0.6) is 0 Å². The number of carboxylic acid groups (broad SMARTS) is 1. The van der Waals surface area contributed by atoms with Crippen LogP contribution < -0.4 is 5.32 Å². The molecule has 7 nitrogen and oxygen atoms in total. The number of carbonyl (C=O) groups is 1. The molecule has 3 aromatic rings. The Bertz CT molecular complexity index is 1480. The SMILES string of the molecule is Cc1cc(S(=O)(=O)N(C)C[C@@H](O)CNC(C)(C)CCCc2ccccc2)ccc1-c1c(F)cc(F)cc1CCC(=O)O. The van der Waals surface area contributed by atoms with Gasteiger partial charge < -0.3 is 15.5 Å². The first-order chi connectivity index (χ1) is 19.7. The van der Waals surface area contributed by atoms with Crippen molar-refractivity contribution in [1.29, 1.82) is 0 Å². The number of aliphatic hydroxyl groups excluding tert-OH is 1. The van der Waals surface area contributed by atoms with Crippen LogP contribution in [-0.2, 0) is 27.7 Å². The molecule has 0 aromatic heterocycles. The monoisotopic (exact) mass is 602 g/mol. The molecule has 0 aliphatic heterocycles. The summed E-state index contributed by atoms with van der Waals surface area (Å²) in [6.07, 6.45) is 1.44. The summed E-state index contributed by atoms with van der Waals surface area (Å²) in [5, 5.41) is 23.0. The minimum absolute atomic E-state index is 0.0396. The highest BCUT2D eigenvalue weighted by Crippen LogP contribution is 2.33. The number of nitrogens with zero attached hydrogens (tertiary/aromatic N) is 1. The zero-order chi connectivity index (χ0) is 31.1. The van der Waals surface area contributed by atoms with E-state index in [1.54, 1.807) is 6.92 Å². The zero-order valence-corrected chi connectivity index (χ0v) is 25.3. The molecule has 3 rings (SSSR count). The van der Waals surface area contributed by atoms with E-state index in [1.165, 1.54) is 30.8 Å². The highest BCUT2D eigenvalue weighted by molar-refractivity contribution is 7.89. The van der Waals surface area contributed by atoms with Gasteiger partial charge in [-0.05, 0) is 86.9 Å². The number of aliphatic hydroxyl groups is 1. The minimum atomic E-state index is -3.99. The van der Waals surface area contributed by atoms with E-state index in [2.05, 4.69) is 17.4 Å². The molecular formula is C32H40F2N2O5S. The summed E-state index contributed by atoms with van der Waals surface area (Å²) in [6.45, 7) is 5.77. The fraction of sp³-hybridized carbons (Fsp3) is 0.406. The van der Waals surface area contributed by atoms with Crippen molar-refractivity contribution >= 4 is 16.0 Å². The van der Waals surface area contributed by atoms with Crippen molar-refractivity contribution in [3.8, 4) is 11.1 Å². The second-order valence-corrected chi connectivity index (χ2v) is 13.4. The topological polar surface area (TPSA) is 107 Å². The Kier molecular flexibility index (Phi) is 11.4. The van der Waals surface area contributed by atoms with Gasteiger partial charge in [0.1, 0.15) is 11.6 Å². The molecule has 228 valence electrons. The smallest absolute Gasteiger partial charge is 0.303 e. The van der Waals surface area contributed by atoms with Crippen molar-refractivity contribution in [2.45, 2.75) is 69.4 Å². The van der Waals surface area contributed by atoms with Gasteiger partial charge >= 0.3 is 5.97 Å². The molecule has 0 amide bonds. The van der Waals surface area contributed by atoms with E-state index < -0.39 is 33.7 Å². The third-order valence-electron chi connectivity index (χ3n) is 7.31. The predicted molar refractivity (Wildman–Crippen MR) is 160 cm³/mol. The van der Waals surface area contributed by atoms with E-state index in [9.17, 15) is 27.1 Å². The number of nitrogens with one attached hydrogen (secondary N) is 1. The summed E-state index contributed by atoms with van der Waals surface area (Å²) in [7, 11) is -2.60. The number of carboxylic acids is 1. The molecule has 0 heterocycles. The van der Waals surface area contributed by atoms with E-state index in [1.807, 2.05) is 32.0 Å². The normalized spacial score (nSPS) is 13.0. The maximum Gasteiger partial charge on any atom is 0.303 e. The standard InChI is InChI=1S/C32H40F2N2O5S/c1-22-17-27(13-14-28(22)31-24(12-15-30(38)39)18-25(33)19-29(31)34)42(40,41)36(4)21-26(37)20-35-32(2,3)16-8-11-23-9-6-5-7-10-23/h5-7,9-10,13-14,17-19,26,35,37H,8,11-12,15-16,20-21H2,1-4H3,(H,38,39)/t26-/m0/s1. The number of aryl methyl sites for hydroxylation is 3. The number of sulfonamides is 1. The molecule has 10 heteroatoms. The average molecular weight is 603 g/mol. The Hall–Kier alpha value is -3.18. The Morgan fingerprint density at radius 3 is 2.38 bits per heavy atom. The number of hydrogen-bond acceptors (Lipinski definition) is 5. The number of aliphatic carboxylic acids is 1. The van der Waals surface area contributed by atoms with Crippen LogP contribution in [0.25, 0.3) is 11.1 Å². The number of rotatable bonds is 15. The molecule has 0 spiro atoms. The Balaban J connectivity index is 1.65. The first-order valence-corrected chi connectivity index (χ1v) is 15.4. The third-order valence-corrected chi connectivity index (χ3v) is 9.13. The van der Waals surface area contributed by atoms with Crippen LogP contribution in [0.2, 0.25) is 0 Å². The molecule has 0 unspecified atom stereocenters. The highest BCUT2D eigenvalue weighted by atomic mass is 32.2. The Morgan fingerprint density at radius 1 is 1.05 bits per heavy atom. The summed E-state index contributed by atoms with van der Waals surface area (Å²) >= 11 is 0. The van der Waals surface area contributed by atoms with E-state index in [0.29, 0.717) is 11.1 Å². The fourth-order valence-electron chi connectivity index (χ4n) is 4.95. The molecule has 0 saturated heterocycles. The Morgan fingerprint density at radius 2 is 1.74 bits per heavy atom. The first kappa shape index (κ1) is 33.3. The molecule has 0 fully saturated rings. The maximum atomic E-state index is 14.9. The number of halogens is 2. The molecule has 3 N–H and O–H groups in total. The quantitative estimate of drug-likeness (QED) is 0.217. The number of hydrogen-bond donors (Lipinski definition) is 3. The molecule has 3 aromatic carbocycles. The fourth-order valence-corrected chi connectivity index (χ4v) is 6.24. The van der Waals surface area contributed by atoms with Crippen LogP contribution in [0, 0.1) is 18.6 Å². The van der Waals surface area contributed by atoms with Gasteiger partial charge in [0.25, 0.3) is 0 Å². The lowest BCUT2D eigenvalue weighted by Crippen LogP contribution is -2.46. The van der Waals surface area contributed by atoms with Gasteiger partial charge in [-0.1, -0.05) is 36.4 Å². The van der Waals surface area contributed by atoms with Crippen LogP contribution in [0.4, 0.5) is 8.78 Å². The van der Waals surface area contributed by atoms with Crippen molar-refractivity contribution in [3.05, 3.63) is 89.0 Å². The van der Waals surface area contributed by atoms with Gasteiger partial charge in [0, 0.05) is 43.7 Å². The number of benzene rings is 3. The van der Waals surface area contributed by atoms with E-state index in [0.717, 1.165) is 35.7 Å². The zero-order valence-electron chi connectivity index (χ0n) is 24.5. The molecule has 0 saturated carbocycles. The summed E-state index contributed by atoms with van der Waals surface area (Å²) in [5.74, 6) is -2.78. The van der Waals surface area contributed by atoms with Gasteiger partial charge in [-0.3, -0.25) is 4.79 Å². The molecule has 0 aliphatic rings. The first-order valence-electron chi connectivity index (χ1n) is 13.9. The predicted octanol–water partition coefficient (Wildman–Crippen LogP) is 5.33. The molecule has 42 heavy (non-hydrogen) atoms. The van der Waals surface area contributed by atoms with Crippen LogP contribution in [0.3, 0.4) is 0 Å². The summed E-state index contributed by atoms with van der Waals surface area (Å²) in [6, 6.07) is 16.2. The molecule has 0 bridgehead atoms. The number of likely N-dealkylation sites (N-methyl/N-ethyl adjacent to an activating group) is 1. The van der Waals surface area contributed by atoms with Crippen molar-refractivity contribution in [2.24, 2.45) is 0 Å². The second-order valence-electron chi connectivity index (χ2n) is 11.3. The lowest BCUT2D eigenvalue weighted by molar-refractivity contribution is -0.136. The molecule has 0 aliphatic carbocycles. The second kappa shape index (κ2) is 14.3. The maximum absolute atomic E-state index is 14.9. The summed E-state index contributed by atoms with van der Waals surface area (Å²) in [5.41, 5.74) is 2.01. The summed E-state index contributed by atoms with van der Waals surface area (Å²) in [4.78, 5) is 11.0. The van der Waals surface area contributed by atoms with Crippen molar-refractivity contribution in [2.75, 3.05) is 20.1 Å². The van der Waals surface area contributed by atoms with Crippen LogP contribution in [-0.4, -0.2) is 60.7 Å². The molecule has 1 atom stereocenters. The average Bonchev–Trinajstić information content (AvgIpc) is 2.91. The number of β-amino-alcohol motifs (C(OH)–C–C–N with tert-alkyl or cyclic N) is 1. The van der Waals surface area contributed by atoms with E-state index >= 15 is 0 Å². The van der Waals surface area contributed by atoms with Gasteiger partial charge in [-0.15, -0.1) is 0 Å². The van der Waals surface area contributed by atoms with Crippen molar-refractivity contribution in [1.82, 2.24) is 9.62 Å². The van der Waals surface area contributed by atoms with Crippen LogP contribution in [0.1, 0.15) is 49.8 Å².